The zero-order valence-electron chi connectivity index (χ0n) is 20.3. The Bertz CT molecular complexity index is 1390. The summed E-state index contributed by atoms with van der Waals surface area (Å²) in [5.74, 6) is -1.32. The van der Waals surface area contributed by atoms with Crippen LogP contribution in [0.25, 0.3) is 0 Å². The topological polar surface area (TPSA) is 102 Å². The molecule has 1 aliphatic heterocycles. The summed E-state index contributed by atoms with van der Waals surface area (Å²) in [6.07, 6.45) is 2.61. The van der Waals surface area contributed by atoms with Crippen LogP contribution < -0.4 is 15.1 Å². The molecule has 198 valence electrons. The van der Waals surface area contributed by atoms with E-state index in [-0.39, 0.29) is 23.1 Å². The maximum absolute atomic E-state index is 14.5. The second-order valence-corrected chi connectivity index (χ2v) is 11.1. The van der Waals surface area contributed by atoms with Crippen LogP contribution in [0.1, 0.15) is 0 Å². The number of β-amino-alcohol motifs (C(OH)–C–C–N with tert-alkyl or cyclic N) is 1. The SMILES string of the molecule is CN(c1ccnc(Nc2cc(N3CCN(CCO)CC3)cc(S(C)(=O)=O)c2)n1)c1ccc(F)c(Cl)c1F. The number of hydrogen-bond donors (Lipinski definition) is 2. The molecule has 4 rings (SSSR count). The second kappa shape index (κ2) is 11.1. The van der Waals surface area contributed by atoms with Crippen molar-refractivity contribution in [3.05, 3.63) is 59.3 Å². The first-order valence-corrected chi connectivity index (χ1v) is 13.7. The highest BCUT2D eigenvalue weighted by atomic mass is 35.5. The summed E-state index contributed by atoms with van der Waals surface area (Å²) in [4.78, 5) is 14.4. The molecule has 1 aliphatic rings. The highest BCUT2D eigenvalue weighted by Gasteiger charge is 2.20. The number of anilines is 5. The van der Waals surface area contributed by atoms with Gasteiger partial charge in [0, 0.05) is 63.6 Å². The van der Waals surface area contributed by atoms with E-state index >= 15 is 0 Å². The number of sulfone groups is 1. The number of rotatable bonds is 8. The molecule has 0 spiro atoms. The van der Waals surface area contributed by atoms with Gasteiger partial charge in [0.25, 0.3) is 0 Å². The van der Waals surface area contributed by atoms with Gasteiger partial charge in [0.05, 0.1) is 17.2 Å². The number of hydrogen-bond acceptors (Lipinski definition) is 9. The molecule has 3 aromatic rings. The molecule has 0 unspecified atom stereocenters. The molecule has 0 amide bonds. The molecular formula is C24H27ClF2N6O3S. The first kappa shape index (κ1) is 27.0. The van der Waals surface area contributed by atoms with Gasteiger partial charge in [-0.25, -0.2) is 22.2 Å². The zero-order chi connectivity index (χ0) is 26.7. The number of benzene rings is 2. The minimum atomic E-state index is -3.51. The van der Waals surface area contributed by atoms with Gasteiger partial charge in [-0.2, -0.15) is 4.98 Å². The van der Waals surface area contributed by atoms with E-state index in [4.69, 9.17) is 11.6 Å². The van der Waals surface area contributed by atoms with Gasteiger partial charge in [-0.05, 0) is 36.4 Å². The third-order valence-electron chi connectivity index (χ3n) is 6.09. The van der Waals surface area contributed by atoms with E-state index in [9.17, 15) is 22.3 Å². The Hall–Kier alpha value is -3.06. The number of halogens is 3. The third-order valence-corrected chi connectivity index (χ3v) is 7.53. The van der Waals surface area contributed by atoms with Crippen molar-refractivity contribution in [2.45, 2.75) is 4.90 Å². The normalized spacial score (nSPS) is 14.6. The highest BCUT2D eigenvalue weighted by molar-refractivity contribution is 7.90. The van der Waals surface area contributed by atoms with E-state index in [1.54, 1.807) is 19.2 Å². The minimum absolute atomic E-state index is 0.0257. The molecular weight excluding hydrogens is 526 g/mol. The lowest BCUT2D eigenvalue weighted by Crippen LogP contribution is -2.47. The van der Waals surface area contributed by atoms with Crippen LogP contribution in [0.2, 0.25) is 5.02 Å². The van der Waals surface area contributed by atoms with Crippen molar-refractivity contribution in [1.29, 1.82) is 0 Å². The van der Waals surface area contributed by atoms with Gasteiger partial charge in [0.2, 0.25) is 5.95 Å². The number of aliphatic hydroxyl groups is 1. The number of piperazine rings is 1. The Balaban J connectivity index is 1.61. The number of aromatic nitrogens is 2. The summed E-state index contributed by atoms with van der Waals surface area (Å²) in [6, 6.07) is 8.82. The maximum atomic E-state index is 14.5. The summed E-state index contributed by atoms with van der Waals surface area (Å²) in [6.45, 7) is 3.53. The molecule has 0 atom stereocenters. The summed E-state index contributed by atoms with van der Waals surface area (Å²) < 4.78 is 52.9. The lowest BCUT2D eigenvalue weighted by Gasteiger charge is -2.36. The van der Waals surface area contributed by atoms with E-state index < -0.39 is 26.5 Å². The second-order valence-electron chi connectivity index (χ2n) is 8.66. The molecule has 1 fully saturated rings. The molecule has 0 saturated carbocycles. The molecule has 0 bridgehead atoms. The van der Waals surface area contributed by atoms with Gasteiger partial charge in [-0.1, -0.05) is 11.6 Å². The molecule has 2 heterocycles. The van der Waals surface area contributed by atoms with Crippen LogP contribution in [0.3, 0.4) is 0 Å². The fourth-order valence-electron chi connectivity index (χ4n) is 4.05. The smallest absolute Gasteiger partial charge is 0.229 e. The Labute approximate surface area is 219 Å². The molecule has 0 radical (unpaired) electrons. The van der Waals surface area contributed by atoms with Crippen molar-refractivity contribution < 1.29 is 22.3 Å². The third kappa shape index (κ3) is 6.27. The average Bonchev–Trinajstić information content (AvgIpc) is 2.87. The lowest BCUT2D eigenvalue weighted by molar-refractivity contribution is 0.189. The number of nitrogens with zero attached hydrogens (tertiary/aromatic N) is 5. The molecule has 13 heteroatoms. The van der Waals surface area contributed by atoms with Crippen LogP contribution in [0.5, 0.6) is 0 Å². The van der Waals surface area contributed by atoms with Crippen LogP contribution in [0.4, 0.5) is 37.6 Å². The summed E-state index contributed by atoms with van der Waals surface area (Å²) in [7, 11) is -1.96. The quantitative estimate of drug-likeness (QED) is 0.407. The average molecular weight is 553 g/mol. The van der Waals surface area contributed by atoms with Crippen molar-refractivity contribution >= 4 is 50.3 Å². The predicted octanol–water partition coefficient (Wildman–Crippen LogP) is 3.44. The monoisotopic (exact) mass is 552 g/mol. The molecule has 0 aliphatic carbocycles. The van der Waals surface area contributed by atoms with Crippen LogP contribution in [0, 0.1) is 11.6 Å². The maximum Gasteiger partial charge on any atom is 0.229 e. The first-order valence-electron chi connectivity index (χ1n) is 11.5. The van der Waals surface area contributed by atoms with Crippen molar-refractivity contribution in [2.24, 2.45) is 0 Å². The van der Waals surface area contributed by atoms with Crippen molar-refractivity contribution in [3.63, 3.8) is 0 Å². The Kier molecular flexibility index (Phi) is 8.12. The van der Waals surface area contributed by atoms with Gasteiger partial charge in [0.1, 0.15) is 16.7 Å². The minimum Gasteiger partial charge on any atom is -0.395 e. The standard InChI is InChI=1S/C24H27ClF2N6O3S/c1-31(20-4-3-19(26)22(25)23(20)27)21-5-6-28-24(30-21)29-16-13-17(15-18(14-16)37(2,35)36)33-9-7-32(8-10-33)11-12-34/h3-6,13-15,34H,7-12H2,1-2H3,(H,28,29,30). The van der Waals surface area contributed by atoms with E-state index in [1.807, 2.05) is 6.07 Å². The summed E-state index contributed by atoms with van der Waals surface area (Å²) in [5.41, 5.74) is 1.22. The van der Waals surface area contributed by atoms with Crippen molar-refractivity contribution in [3.8, 4) is 0 Å². The zero-order valence-corrected chi connectivity index (χ0v) is 21.9. The van der Waals surface area contributed by atoms with Crippen LogP contribution in [-0.4, -0.2) is 81.0 Å². The fourth-order valence-corrected chi connectivity index (χ4v) is 4.88. The van der Waals surface area contributed by atoms with Crippen molar-refractivity contribution in [1.82, 2.24) is 14.9 Å². The molecule has 1 aromatic heterocycles. The van der Waals surface area contributed by atoms with E-state index in [2.05, 4.69) is 25.1 Å². The van der Waals surface area contributed by atoms with Crippen LogP contribution in [-0.2, 0) is 9.84 Å². The van der Waals surface area contributed by atoms with Crippen LogP contribution in [0.15, 0.2) is 47.5 Å². The van der Waals surface area contributed by atoms with Gasteiger partial charge < -0.3 is 20.2 Å². The summed E-state index contributed by atoms with van der Waals surface area (Å²) in [5, 5.41) is 11.6. The molecule has 9 nitrogen and oxygen atoms in total. The molecule has 2 aromatic carbocycles. The number of nitrogens with one attached hydrogen (secondary N) is 1. The van der Waals surface area contributed by atoms with E-state index in [0.717, 1.165) is 31.1 Å². The van der Waals surface area contributed by atoms with Crippen molar-refractivity contribution in [2.75, 3.05) is 67.8 Å². The fraction of sp³-hybridized carbons (Fsp3) is 0.333. The first-order chi connectivity index (χ1) is 17.6. The van der Waals surface area contributed by atoms with Gasteiger partial charge in [-0.3, -0.25) is 4.90 Å². The predicted molar refractivity (Wildman–Crippen MR) is 140 cm³/mol. The Morgan fingerprint density at radius 3 is 2.54 bits per heavy atom. The van der Waals surface area contributed by atoms with Gasteiger partial charge >= 0.3 is 0 Å². The van der Waals surface area contributed by atoms with E-state index in [1.165, 1.54) is 23.2 Å². The molecule has 2 N–H and O–H groups in total. The Morgan fingerprint density at radius 1 is 1.14 bits per heavy atom. The summed E-state index contributed by atoms with van der Waals surface area (Å²) >= 11 is 5.72. The Morgan fingerprint density at radius 2 is 1.86 bits per heavy atom. The van der Waals surface area contributed by atoms with Crippen LogP contribution >= 0.6 is 11.6 Å². The van der Waals surface area contributed by atoms with Gasteiger partial charge in [-0.15, -0.1) is 0 Å². The number of aliphatic hydroxyl groups excluding tert-OH is 1. The largest absolute Gasteiger partial charge is 0.395 e. The molecule has 1 saturated heterocycles. The van der Waals surface area contributed by atoms with Gasteiger partial charge in [0.15, 0.2) is 15.7 Å². The molecule has 37 heavy (non-hydrogen) atoms. The van der Waals surface area contributed by atoms with E-state index in [0.29, 0.717) is 31.1 Å². The highest BCUT2D eigenvalue weighted by Crippen LogP contribution is 2.32. The lowest BCUT2D eigenvalue weighted by atomic mass is 10.2.